The van der Waals surface area contributed by atoms with Crippen LogP contribution in [0, 0.1) is 11.8 Å². The minimum atomic E-state index is -0.827. The highest BCUT2D eigenvalue weighted by Crippen LogP contribution is 2.23. The fourth-order valence-electron chi connectivity index (χ4n) is 2.48. The van der Waals surface area contributed by atoms with E-state index in [1.54, 1.807) is 17.0 Å². The molecule has 0 bridgehead atoms. The first-order valence-electron chi connectivity index (χ1n) is 6.32. The van der Waals surface area contributed by atoms with Crippen LogP contribution in [0.2, 0.25) is 0 Å². The number of carboxylic acid groups (broad SMARTS) is 1. The minimum Gasteiger partial charge on any atom is -0.481 e. The molecule has 1 saturated heterocycles. The van der Waals surface area contributed by atoms with E-state index in [1.807, 2.05) is 19.1 Å². The Bertz CT molecular complexity index is 501. The van der Waals surface area contributed by atoms with E-state index in [2.05, 4.69) is 0 Å². The topological polar surface area (TPSA) is 83.6 Å². The Morgan fingerprint density at radius 2 is 2.16 bits per heavy atom. The molecule has 1 heterocycles. The summed E-state index contributed by atoms with van der Waals surface area (Å²) < 4.78 is 0. The van der Waals surface area contributed by atoms with Gasteiger partial charge in [-0.3, -0.25) is 9.59 Å². The average molecular weight is 262 g/mol. The maximum absolute atomic E-state index is 12.1. The number of hydrogen-bond acceptors (Lipinski definition) is 3. The summed E-state index contributed by atoms with van der Waals surface area (Å²) in [5, 5.41) is 9.05. The molecule has 5 heteroatoms. The van der Waals surface area contributed by atoms with E-state index in [1.165, 1.54) is 0 Å². The zero-order valence-electron chi connectivity index (χ0n) is 10.9. The molecule has 1 fully saturated rings. The summed E-state index contributed by atoms with van der Waals surface area (Å²) >= 11 is 0. The Kier molecular flexibility index (Phi) is 3.74. The quantitative estimate of drug-likeness (QED) is 0.796. The summed E-state index contributed by atoms with van der Waals surface area (Å²) in [5.74, 6) is -1.32. The van der Waals surface area contributed by atoms with Crippen LogP contribution in [-0.2, 0) is 16.0 Å². The van der Waals surface area contributed by atoms with Crippen LogP contribution in [0.5, 0.6) is 0 Å². The molecule has 0 saturated carbocycles. The van der Waals surface area contributed by atoms with Crippen LogP contribution in [0.25, 0.3) is 0 Å². The number of carbonyl (C=O) groups is 2. The maximum Gasteiger partial charge on any atom is 0.308 e. The standard InChI is InChI=1S/C14H18N2O3/c1-9-7-16(8-12(9)14(18)19)13(17)6-10-3-2-4-11(15)5-10/h2-5,9,12H,6-8,15H2,1H3,(H,18,19). The number of aliphatic carboxylic acids is 1. The highest BCUT2D eigenvalue weighted by atomic mass is 16.4. The van der Waals surface area contributed by atoms with Crippen LogP contribution in [0.15, 0.2) is 24.3 Å². The van der Waals surface area contributed by atoms with Gasteiger partial charge in [-0.2, -0.15) is 0 Å². The van der Waals surface area contributed by atoms with Crippen molar-refractivity contribution in [2.75, 3.05) is 18.8 Å². The summed E-state index contributed by atoms with van der Waals surface area (Å²) in [5.41, 5.74) is 7.16. The van der Waals surface area contributed by atoms with Gasteiger partial charge >= 0.3 is 5.97 Å². The monoisotopic (exact) mass is 262 g/mol. The predicted octanol–water partition coefficient (Wildman–Crippen LogP) is 0.990. The summed E-state index contributed by atoms with van der Waals surface area (Å²) in [6.07, 6.45) is 0.268. The third-order valence-corrected chi connectivity index (χ3v) is 3.59. The molecule has 2 unspecified atom stereocenters. The second-order valence-electron chi connectivity index (χ2n) is 5.14. The Hall–Kier alpha value is -2.04. The average Bonchev–Trinajstić information content (AvgIpc) is 2.71. The lowest BCUT2D eigenvalue weighted by Crippen LogP contribution is -2.31. The Labute approximate surface area is 112 Å². The first kappa shape index (κ1) is 13.4. The molecule has 1 amide bonds. The molecule has 1 aromatic carbocycles. The molecule has 2 rings (SSSR count). The number of anilines is 1. The lowest BCUT2D eigenvalue weighted by Gasteiger charge is -2.16. The summed E-state index contributed by atoms with van der Waals surface area (Å²) in [4.78, 5) is 24.8. The lowest BCUT2D eigenvalue weighted by atomic mass is 9.99. The van der Waals surface area contributed by atoms with E-state index in [0.717, 1.165) is 5.56 Å². The van der Waals surface area contributed by atoms with Crippen molar-refractivity contribution >= 4 is 17.6 Å². The first-order valence-corrected chi connectivity index (χ1v) is 6.32. The smallest absolute Gasteiger partial charge is 0.308 e. The molecule has 0 radical (unpaired) electrons. The van der Waals surface area contributed by atoms with Crippen LogP contribution in [0.1, 0.15) is 12.5 Å². The fourth-order valence-corrected chi connectivity index (χ4v) is 2.48. The van der Waals surface area contributed by atoms with Crippen LogP contribution in [0.3, 0.4) is 0 Å². The Morgan fingerprint density at radius 1 is 1.42 bits per heavy atom. The molecule has 102 valence electrons. The summed E-state index contributed by atoms with van der Waals surface area (Å²) in [6, 6.07) is 7.20. The van der Waals surface area contributed by atoms with Gasteiger partial charge in [0.2, 0.25) is 5.91 Å². The fraction of sp³-hybridized carbons (Fsp3) is 0.429. The van der Waals surface area contributed by atoms with Crippen LogP contribution >= 0.6 is 0 Å². The number of benzene rings is 1. The molecular formula is C14H18N2O3. The SMILES string of the molecule is CC1CN(C(=O)Cc2cccc(N)c2)CC1C(=O)O. The van der Waals surface area contributed by atoms with Gasteiger partial charge in [-0.05, 0) is 23.6 Å². The third kappa shape index (κ3) is 3.05. The van der Waals surface area contributed by atoms with Gasteiger partial charge in [0.25, 0.3) is 0 Å². The number of likely N-dealkylation sites (tertiary alicyclic amines) is 1. The van der Waals surface area contributed by atoms with E-state index in [0.29, 0.717) is 18.8 Å². The largest absolute Gasteiger partial charge is 0.481 e. The summed E-state index contributed by atoms with van der Waals surface area (Å²) in [6.45, 7) is 2.68. The minimum absolute atomic E-state index is 0.00212. The Morgan fingerprint density at radius 3 is 2.74 bits per heavy atom. The molecule has 5 nitrogen and oxygen atoms in total. The molecule has 3 N–H and O–H groups in total. The second-order valence-corrected chi connectivity index (χ2v) is 5.14. The first-order chi connectivity index (χ1) is 8.97. The van der Waals surface area contributed by atoms with E-state index in [-0.39, 0.29) is 18.2 Å². The van der Waals surface area contributed by atoms with Gasteiger partial charge in [0, 0.05) is 18.8 Å². The maximum atomic E-state index is 12.1. The van der Waals surface area contributed by atoms with E-state index in [4.69, 9.17) is 10.8 Å². The number of nitrogens with two attached hydrogens (primary N) is 1. The summed E-state index contributed by atoms with van der Waals surface area (Å²) in [7, 11) is 0. The van der Waals surface area contributed by atoms with E-state index >= 15 is 0 Å². The van der Waals surface area contributed by atoms with Crippen molar-refractivity contribution in [1.82, 2.24) is 4.90 Å². The van der Waals surface area contributed by atoms with Gasteiger partial charge in [-0.25, -0.2) is 0 Å². The molecule has 0 spiro atoms. The van der Waals surface area contributed by atoms with Gasteiger partial charge < -0.3 is 15.7 Å². The van der Waals surface area contributed by atoms with Crippen molar-refractivity contribution in [3.05, 3.63) is 29.8 Å². The Balaban J connectivity index is 2.00. The molecule has 2 atom stereocenters. The number of amides is 1. The number of carbonyl (C=O) groups excluding carboxylic acids is 1. The van der Waals surface area contributed by atoms with Crippen LogP contribution < -0.4 is 5.73 Å². The molecule has 1 aromatic rings. The van der Waals surface area contributed by atoms with E-state index < -0.39 is 11.9 Å². The molecule has 1 aliphatic heterocycles. The second kappa shape index (κ2) is 5.30. The highest BCUT2D eigenvalue weighted by Gasteiger charge is 2.36. The van der Waals surface area contributed by atoms with Gasteiger partial charge in [-0.1, -0.05) is 19.1 Å². The number of nitrogen functional groups attached to an aromatic ring is 1. The third-order valence-electron chi connectivity index (χ3n) is 3.59. The molecule has 1 aliphatic rings. The van der Waals surface area contributed by atoms with Gasteiger partial charge in [-0.15, -0.1) is 0 Å². The molecular weight excluding hydrogens is 244 g/mol. The lowest BCUT2D eigenvalue weighted by molar-refractivity contribution is -0.142. The van der Waals surface area contributed by atoms with Crippen molar-refractivity contribution in [3.63, 3.8) is 0 Å². The van der Waals surface area contributed by atoms with Crippen molar-refractivity contribution in [1.29, 1.82) is 0 Å². The normalized spacial score (nSPS) is 22.5. The van der Waals surface area contributed by atoms with Crippen molar-refractivity contribution in [3.8, 4) is 0 Å². The van der Waals surface area contributed by atoms with E-state index in [9.17, 15) is 9.59 Å². The number of rotatable bonds is 3. The highest BCUT2D eigenvalue weighted by molar-refractivity contribution is 5.81. The molecule has 0 aromatic heterocycles. The van der Waals surface area contributed by atoms with Crippen LogP contribution in [0.4, 0.5) is 5.69 Å². The number of nitrogens with zero attached hydrogens (tertiary/aromatic N) is 1. The number of carboxylic acids is 1. The molecule has 19 heavy (non-hydrogen) atoms. The molecule has 0 aliphatic carbocycles. The zero-order valence-corrected chi connectivity index (χ0v) is 10.9. The van der Waals surface area contributed by atoms with Gasteiger partial charge in [0.1, 0.15) is 0 Å². The predicted molar refractivity (Wildman–Crippen MR) is 71.4 cm³/mol. The van der Waals surface area contributed by atoms with Crippen LogP contribution in [-0.4, -0.2) is 35.0 Å². The van der Waals surface area contributed by atoms with Gasteiger partial charge in [0.05, 0.1) is 12.3 Å². The zero-order chi connectivity index (χ0) is 14.0. The van der Waals surface area contributed by atoms with Crippen molar-refractivity contribution in [2.45, 2.75) is 13.3 Å². The van der Waals surface area contributed by atoms with Gasteiger partial charge in [0.15, 0.2) is 0 Å². The number of hydrogen-bond donors (Lipinski definition) is 2. The van der Waals surface area contributed by atoms with Crippen molar-refractivity contribution in [2.24, 2.45) is 11.8 Å². The van der Waals surface area contributed by atoms with Crippen molar-refractivity contribution < 1.29 is 14.7 Å².